The highest BCUT2D eigenvalue weighted by Crippen LogP contribution is 2.06. The van der Waals surface area contributed by atoms with Crippen molar-refractivity contribution in [1.29, 1.82) is 0 Å². The van der Waals surface area contributed by atoms with Gasteiger partial charge in [-0.3, -0.25) is 4.98 Å². The number of aryl methyl sites for hydroxylation is 1. The topological polar surface area (TPSA) is 70.4 Å². The fraction of sp³-hybridized carbons (Fsp3) is 0.333. The van der Waals surface area contributed by atoms with Crippen LogP contribution in [0.15, 0.2) is 18.3 Å². The Balaban J connectivity index is 0.00000169. The molecule has 1 aromatic heterocycles. The van der Waals surface area contributed by atoms with Gasteiger partial charge in [0, 0.05) is 18.3 Å². The molecule has 0 aliphatic heterocycles. The molecule has 0 amide bonds. The van der Waals surface area contributed by atoms with Gasteiger partial charge in [-0.1, -0.05) is 6.07 Å². The molecule has 1 atom stereocenters. The van der Waals surface area contributed by atoms with E-state index in [-0.39, 0.29) is 18.8 Å². The molecular formula is C9H12ClNO3. The Labute approximate surface area is 88.0 Å². The normalized spacial score (nSPS) is 11.6. The number of nitrogens with zero attached hydrogens (tertiary/aromatic N) is 1. The number of aliphatic hydroxyl groups is 1. The smallest absolute Gasteiger partial charge is 0.332 e. The van der Waals surface area contributed by atoms with Crippen molar-refractivity contribution in [3.8, 4) is 0 Å². The highest BCUT2D eigenvalue weighted by molar-refractivity contribution is 5.85. The predicted molar refractivity (Wildman–Crippen MR) is 53.6 cm³/mol. The van der Waals surface area contributed by atoms with Crippen LogP contribution < -0.4 is 0 Å². The van der Waals surface area contributed by atoms with Crippen LogP contribution in [-0.2, 0) is 11.2 Å². The highest BCUT2D eigenvalue weighted by Gasteiger charge is 2.15. The molecule has 0 saturated heterocycles. The number of carbonyl (C=O) groups is 1. The van der Waals surface area contributed by atoms with Gasteiger partial charge in [-0.25, -0.2) is 4.79 Å². The molecule has 0 bridgehead atoms. The van der Waals surface area contributed by atoms with E-state index < -0.39 is 12.1 Å². The number of hydrogen-bond donors (Lipinski definition) is 2. The Hall–Kier alpha value is -1.13. The molecule has 1 heterocycles. The fourth-order valence-electron chi connectivity index (χ4n) is 1.00. The van der Waals surface area contributed by atoms with Gasteiger partial charge in [-0.2, -0.15) is 0 Å². The molecule has 0 fully saturated rings. The van der Waals surface area contributed by atoms with E-state index in [9.17, 15) is 4.79 Å². The number of hydrogen-bond acceptors (Lipinski definition) is 3. The molecule has 0 aliphatic carbocycles. The summed E-state index contributed by atoms with van der Waals surface area (Å²) in [6.07, 6.45) is 0.271. The summed E-state index contributed by atoms with van der Waals surface area (Å²) in [7, 11) is 0. The van der Waals surface area contributed by atoms with Crippen LogP contribution in [-0.4, -0.2) is 27.3 Å². The number of rotatable bonds is 3. The first-order valence-corrected chi connectivity index (χ1v) is 3.92. The number of halogens is 1. The molecule has 0 spiro atoms. The van der Waals surface area contributed by atoms with Crippen molar-refractivity contribution in [2.75, 3.05) is 0 Å². The summed E-state index contributed by atoms with van der Waals surface area (Å²) in [6, 6.07) is 3.60. The van der Waals surface area contributed by atoms with Crippen LogP contribution in [0, 0.1) is 6.92 Å². The highest BCUT2D eigenvalue weighted by atomic mass is 35.5. The third-order valence-electron chi connectivity index (χ3n) is 1.79. The molecule has 1 aromatic rings. The van der Waals surface area contributed by atoms with E-state index in [4.69, 9.17) is 10.2 Å². The predicted octanol–water partition coefficient (Wildman–Crippen LogP) is 0.800. The van der Waals surface area contributed by atoms with Gasteiger partial charge in [0.05, 0.1) is 0 Å². The molecule has 0 aliphatic rings. The maximum absolute atomic E-state index is 10.3. The molecule has 14 heavy (non-hydrogen) atoms. The van der Waals surface area contributed by atoms with Crippen molar-refractivity contribution in [3.05, 3.63) is 29.6 Å². The zero-order valence-electron chi connectivity index (χ0n) is 7.67. The lowest BCUT2D eigenvalue weighted by Crippen LogP contribution is -2.22. The second kappa shape index (κ2) is 5.57. The number of aliphatic hydroxyl groups excluding tert-OH is 1. The number of carboxylic acid groups (broad SMARTS) is 1. The van der Waals surface area contributed by atoms with Crippen LogP contribution >= 0.6 is 12.4 Å². The fourth-order valence-corrected chi connectivity index (χ4v) is 1.00. The van der Waals surface area contributed by atoms with Crippen LogP contribution in [0.2, 0.25) is 0 Å². The lowest BCUT2D eigenvalue weighted by atomic mass is 10.1. The Morgan fingerprint density at radius 3 is 2.79 bits per heavy atom. The molecule has 0 radical (unpaired) electrons. The average molecular weight is 218 g/mol. The molecule has 4 nitrogen and oxygen atoms in total. The van der Waals surface area contributed by atoms with Gasteiger partial charge < -0.3 is 10.2 Å². The Morgan fingerprint density at radius 1 is 1.64 bits per heavy atom. The number of carboxylic acids is 1. The number of pyridine rings is 1. The van der Waals surface area contributed by atoms with E-state index in [1.807, 2.05) is 13.0 Å². The number of aromatic nitrogens is 1. The minimum atomic E-state index is -1.37. The lowest BCUT2D eigenvalue weighted by Gasteiger charge is -2.06. The van der Waals surface area contributed by atoms with Gasteiger partial charge in [0.2, 0.25) is 0 Å². The minimum Gasteiger partial charge on any atom is -0.479 e. The summed E-state index contributed by atoms with van der Waals surface area (Å²) in [5.41, 5.74) is 1.51. The zero-order valence-corrected chi connectivity index (χ0v) is 8.49. The van der Waals surface area contributed by atoms with Crippen molar-refractivity contribution < 1.29 is 15.0 Å². The second-order valence-corrected chi connectivity index (χ2v) is 2.83. The molecule has 1 rings (SSSR count). The van der Waals surface area contributed by atoms with E-state index in [1.165, 1.54) is 0 Å². The van der Waals surface area contributed by atoms with Gasteiger partial charge in [-0.05, 0) is 18.6 Å². The van der Waals surface area contributed by atoms with Crippen LogP contribution in [0.4, 0.5) is 0 Å². The Kier molecular flexibility index (Phi) is 5.12. The van der Waals surface area contributed by atoms with Crippen LogP contribution in [0.25, 0.3) is 0 Å². The third-order valence-corrected chi connectivity index (χ3v) is 1.79. The van der Waals surface area contributed by atoms with Crippen molar-refractivity contribution in [2.24, 2.45) is 0 Å². The van der Waals surface area contributed by atoms with Gasteiger partial charge in [-0.15, -0.1) is 12.4 Å². The summed E-state index contributed by atoms with van der Waals surface area (Å²) in [5.74, 6) is -1.22. The largest absolute Gasteiger partial charge is 0.479 e. The summed E-state index contributed by atoms with van der Waals surface area (Å²) >= 11 is 0. The van der Waals surface area contributed by atoms with Gasteiger partial charge in [0.25, 0.3) is 0 Å². The van der Waals surface area contributed by atoms with E-state index in [1.54, 1.807) is 12.3 Å². The minimum absolute atomic E-state index is 0. The maximum Gasteiger partial charge on any atom is 0.332 e. The maximum atomic E-state index is 10.3. The lowest BCUT2D eigenvalue weighted by molar-refractivity contribution is -0.146. The van der Waals surface area contributed by atoms with E-state index in [0.717, 1.165) is 5.56 Å². The summed E-state index contributed by atoms with van der Waals surface area (Å²) < 4.78 is 0. The second-order valence-electron chi connectivity index (χ2n) is 2.83. The first kappa shape index (κ1) is 12.9. The van der Waals surface area contributed by atoms with Crippen molar-refractivity contribution in [3.63, 3.8) is 0 Å². The molecule has 5 heteroatoms. The first-order valence-electron chi connectivity index (χ1n) is 3.92. The quantitative estimate of drug-likeness (QED) is 0.786. The molecule has 78 valence electrons. The van der Waals surface area contributed by atoms with Crippen LogP contribution in [0.5, 0.6) is 0 Å². The van der Waals surface area contributed by atoms with E-state index >= 15 is 0 Å². The standard InChI is InChI=1S/C9H11NO3.ClH/c1-6-3-2-4-10-7(6)5-8(11)9(12)13;/h2-4,8,11H,5H2,1H3,(H,12,13);1H. The summed E-state index contributed by atoms with van der Waals surface area (Å²) in [5, 5.41) is 17.5. The Bertz CT molecular complexity index is 317. The van der Waals surface area contributed by atoms with Gasteiger partial charge in [0.15, 0.2) is 6.10 Å². The third kappa shape index (κ3) is 3.32. The van der Waals surface area contributed by atoms with Crippen molar-refractivity contribution >= 4 is 18.4 Å². The van der Waals surface area contributed by atoms with Gasteiger partial charge in [0.1, 0.15) is 0 Å². The first-order chi connectivity index (χ1) is 6.11. The van der Waals surface area contributed by atoms with E-state index in [0.29, 0.717) is 5.69 Å². The molecule has 0 saturated carbocycles. The van der Waals surface area contributed by atoms with Crippen LogP contribution in [0.3, 0.4) is 0 Å². The average Bonchev–Trinajstić information content (AvgIpc) is 2.08. The van der Waals surface area contributed by atoms with Crippen molar-refractivity contribution in [1.82, 2.24) is 4.98 Å². The summed E-state index contributed by atoms with van der Waals surface area (Å²) in [6.45, 7) is 1.83. The monoisotopic (exact) mass is 217 g/mol. The molecule has 2 N–H and O–H groups in total. The summed E-state index contributed by atoms with van der Waals surface area (Å²) in [4.78, 5) is 14.3. The van der Waals surface area contributed by atoms with Gasteiger partial charge >= 0.3 is 5.97 Å². The number of aliphatic carboxylic acids is 1. The van der Waals surface area contributed by atoms with Crippen LogP contribution in [0.1, 0.15) is 11.3 Å². The molecule has 0 aromatic carbocycles. The van der Waals surface area contributed by atoms with E-state index in [2.05, 4.69) is 4.98 Å². The van der Waals surface area contributed by atoms with Crippen molar-refractivity contribution in [2.45, 2.75) is 19.4 Å². The zero-order chi connectivity index (χ0) is 9.84. The molecular weight excluding hydrogens is 206 g/mol. The Morgan fingerprint density at radius 2 is 2.29 bits per heavy atom. The SMILES string of the molecule is Cc1cccnc1CC(O)C(=O)O.Cl. The molecule has 1 unspecified atom stereocenters.